The number of carbonyl (C=O) groups is 1. The summed E-state index contributed by atoms with van der Waals surface area (Å²) in [5, 5.41) is 8.73. The van der Waals surface area contributed by atoms with E-state index in [9.17, 15) is 13.2 Å². The lowest BCUT2D eigenvalue weighted by molar-refractivity contribution is -0.128. The van der Waals surface area contributed by atoms with Crippen LogP contribution >= 0.6 is 11.8 Å². The summed E-state index contributed by atoms with van der Waals surface area (Å²) >= 11 is 1.49. The quantitative estimate of drug-likeness (QED) is 0.812. The molecule has 22 heavy (non-hydrogen) atoms. The Bertz CT molecular complexity index is 678. The van der Waals surface area contributed by atoms with Crippen LogP contribution in [-0.2, 0) is 20.4 Å². The van der Waals surface area contributed by atoms with E-state index < -0.39 is 9.84 Å². The molecule has 1 aromatic rings. The third-order valence-corrected chi connectivity index (χ3v) is 6.47. The van der Waals surface area contributed by atoms with Crippen molar-refractivity contribution in [1.29, 1.82) is 5.26 Å². The summed E-state index contributed by atoms with van der Waals surface area (Å²) in [7, 11) is -1.29. The Kier molecular flexibility index (Phi) is 5.48. The zero-order chi connectivity index (χ0) is 16.2. The second-order valence-corrected chi connectivity index (χ2v) is 8.58. The molecule has 1 saturated heterocycles. The van der Waals surface area contributed by atoms with Crippen molar-refractivity contribution < 1.29 is 13.2 Å². The highest BCUT2D eigenvalue weighted by molar-refractivity contribution is 7.99. The predicted molar refractivity (Wildman–Crippen MR) is 87.1 cm³/mol. The van der Waals surface area contributed by atoms with Crippen molar-refractivity contribution >= 4 is 27.5 Å². The van der Waals surface area contributed by atoms with Gasteiger partial charge in [-0.05, 0) is 24.1 Å². The third-order valence-electron chi connectivity index (χ3n) is 3.73. The van der Waals surface area contributed by atoms with Gasteiger partial charge in [0.1, 0.15) is 0 Å². The second kappa shape index (κ2) is 7.16. The zero-order valence-corrected chi connectivity index (χ0v) is 14.0. The van der Waals surface area contributed by atoms with Gasteiger partial charge in [-0.25, -0.2) is 8.42 Å². The molecule has 1 aliphatic rings. The van der Waals surface area contributed by atoms with Gasteiger partial charge in [-0.3, -0.25) is 4.79 Å². The highest BCUT2D eigenvalue weighted by atomic mass is 32.2. The lowest BCUT2D eigenvalue weighted by atomic mass is 10.2. The fraction of sp³-hybridized carbons (Fsp3) is 0.467. The Morgan fingerprint density at radius 1 is 1.41 bits per heavy atom. The van der Waals surface area contributed by atoms with Gasteiger partial charge in [0.2, 0.25) is 5.91 Å². The van der Waals surface area contributed by atoms with Crippen LogP contribution < -0.4 is 0 Å². The van der Waals surface area contributed by atoms with Crippen LogP contribution in [0.1, 0.15) is 17.5 Å². The summed E-state index contributed by atoms with van der Waals surface area (Å²) in [6, 6.07) is 9.15. The van der Waals surface area contributed by atoms with E-state index in [1.807, 2.05) is 12.1 Å². The standard InChI is InChI=1S/C15H18N2O3S2/c1-17(14-6-7-22(19,20)11-14)15(18)10-21-9-13-4-2-12(8-16)3-5-13/h2-5,14H,6-7,9-11H2,1H3/t14-/m1/s1. The first kappa shape index (κ1) is 16.8. The Morgan fingerprint density at radius 3 is 2.64 bits per heavy atom. The molecule has 2 rings (SSSR count). The molecule has 1 heterocycles. The molecule has 7 heteroatoms. The molecule has 0 aliphatic carbocycles. The minimum Gasteiger partial charge on any atom is -0.341 e. The maximum Gasteiger partial charge on any atom is 0.232 e. The van der Waals surface area contributed by atoms with Crippen molar-refractivity contribution in [3.63, 3.8) is 0 Å². The van der Waals surface area contributed by atoms with E-state index >= 15 is 0 Å². The molecule has 1 aliphatic heterocycles. The van der Waals surface area contributed by atoms with Crippen LogP contribution in [0.3, 0.4) is 0 Å². The Morgan fingerprint density at radius 2 is 2.09 bits per heavy atom. The smallest absolute Gasteiger partial charge is 0.232 e. The number of hydrogen-bond acceptors (Lipinski definition) is 5. The van der Waals surface area contributed by atoms with E-state index in [2.05, 4.69) is 6.07 Å². The summed E-state index contributed by atoms with van der Waals surface area (Å²) < 4.78 is 22.9. The number of nitriles is 1. The predicted octanol–water partition coefficient (Wildman–Crippen LogP) is 1.44. The summed E-state index contributed by atoms with van der Waals surface area (Å²) in [4.78, 5) is 13.7. The van der Waals surface area contributed by atoms with E-state index in [0.29, 0.717) is 23.5 Å². The van der Waals surface area contributed by atoms with Crippen molar-refractivity contribution in [3.05, 3.63) is 35.4 Å². The van der Waals surface area contributed by atoms with Crippen molar-refractivity contribution in [3.8, 4) is 6.07 Å². The number of nitrogens with zero attached hydrogens (tertiary/aromatic N) is 2. The summed E-state index contributed by atoms with van der Waals surface area (Å²) in [5.41, 5.74) is 1.68. The average molecular weight is 338 g/mol. The van der Waals surface area contributed by atoms with Gasteiger partial charge in [-0.1, -0.05) is 12.1 Å². The number of benzene rings is 1. The topological polar surface area (TPSA) is 78.2 Å². The van der Waals surface area contributed by atoms with Crippen LogP contribution in [0.2, 0.25) is 0 Å². The number of carbonyl (C=O) groups excluding carboxylic acids is 1. The molecule has 0 unspecified atom stereocenters. The van der Waals surface area contributed by atoms with Crippen LogP contribution in [0.5, 0.6) is 0 Å². The van der Waals surface area contributed by atoms with Crippen LogP contribution in [0, 0.1) is 11.3 Å². The summed E-state index contributed by atoms with van der Waals surface area (Å²) in [6.07, 6.45) is 0.533. The van der Waals surface area contributed by atoms with Gasteiger partial charge < -0.3 is 4.90 Å². The van der Waals surface area contributed by atoms with Crippen molar-refractivity contribution in [2.75, 3.05) is 24.3 Å². The molecule has 0 N–H and O–H groups in total. The molecule has 0 saturated carbocycles. The zero-order valence-electron chi connectivity index (χ0n) is 12.4. The molecule has 0 aromatic heterocycles. The van der Waals surface area contributed by atoms with Crippen molar-refractivity contribution in [2.45, 2.75) is 18.2 Å². The van der Waals surface area contributed by atoms with E-state index in [-0.39, 0.29) is 23.5 Å². The Balaban J connectivity index is 1.79. The van der Waals surface area contributed by atoms with Gasteiger partial charge in [0.05, 0.1) is 28.9 Å². The number of rotatable bonds is 5. The molecule has 0 bridgehead atoms. The summed E-state index contributed by atoms with van der Waals surface area (Å²) in [5.74, 6) is 1.23. The first-order valence-electron chi connectivity index (χ1n) is 6.94. The maximum absolute atomic E-state index is 12.1. The maximum atomic E-state index is 12.1. The summed E-state index contributed by atoms with van der Waals surface area (Å²) in [6.45, 7) is 0. The highest BCUT2D eigenvalue weighted by Gasteiger charge is 2.32. The molecule has 118 valence electrons. The van der Waals surface area contributed by atoms with Gasteiger partial charge in [-0.15, -0.1) is 11.8 Å². The molecule has 5 nitrogen and oxygen atoms in total. The first-order valence-corrected chi connectivity index (χ1v) is 9.92. The van der Waals surface area contributed by atoms with Gasteiger partial charge >= 0.3 is 0 Å². The highest BCUT2D eigenvalue weighted by Crippen LogP contribution is 2.19. The largest absolute Gasteiger partial charge is 0.341 e. The number of amides is 1. The van der Waals surface area contributed by atoms with Crippen LogP contribution in [-0.4, -0.2) is 49.6 Å². The van der Waals surface area contributed by atoms with Gasteiger partial charge in [0.15, 0.2) is 9.84 Å². The van der Waals surface area contributed by atoms with Crippen LogP contribution in [0.25, 0.3) is 0 Å². The molecule has 1 fully saturated rings. The second-order valence-electron chi connectivity index (χ2n) is 5.36. The molecule has 0 radical (unpaired) electrons. The Labute approximate surface area is 135 Å². The van der Waals surface area contributed by atoms with E-state index in [0.717, 1.165) is 5.56 Å². The SMILES string of the molecule is CN(C(=O)CSCc1ccc(C#N)cc1)[C@@H]1CCS(=O)(=O)C1. The minimum absolute atomic E-state index is 0.0410. The fourth-order valence-corrected chi connectivity index (χ4v) is 5.00. The molecular formula is C15H18N2O3S2. The molecule has 1 aromatic carbocycles. The van der Waals surface area contributed by atoms with Gasteiger partial charge in [0, 0.05) is 18.8 Å². The normalized spacial score (nSPS) is 19.5. The fourth-order valence-electron chi connectivity index (χ4n) is 2.32. The minimum atomic E-state index is -2.97. The monoisotopic (exact) mass is 338 g/mol. The lowest BCUT2D eigenvalue weighted by Gasteiger charge is -2.23. The van der Waals surface area contributed by atoms with E-state index in [1.54, 1.807) is 24.1 Å². The molecular weight excluding hydrogens is 320 g/mol. The molecule has 1 atom stereocenters. The molecule has 1 amide bonds. The van der Waals surface area contributed by atoms with Gasteiger partial charge in [-0.2, -0.15) is 5.26 Å². The number of thioether (sulfide) groups is 1. The van der Waals surface area contributed by atoms with E-state index in [4.69, 9.17) is 5.26 Å². The van der Waals surface area contributed by atoms with Crippen molar-refractivity contribution in [1.82, 2.24) is 4.90 Å². The first-order chi connectivity index (χ1) is 10.4. The average Bonchev–Trinajstić information content (AvgIpc) is 2.87. The lowest BCUT2D eigenvalue weighted by Crippen LogP contribution is -2.38. The van der Waals surface area contributed by atoms with Crippen LogP contribution in [0.4, 0.5) is 0 Å². The number of sulfone groups is 1. The van der Waals surface area contributed by atoms with E-state index in [1.165, 1.54) is 11.8 Å². The number of hydrogen-bond donors (Lipinski definition) is 0. The Hall–Kier alpha value is -1.52. The van der Waals surface area contributed by atoms with Crippen LogP contribution in [0.15, 0.2) is 24.3 Å². The molecule has 0 spiro atoms. The third kappa shape index (κ3) is 4.49. The van der Waals surface area contributed by atoms with Gasteiger partial charge in [0.25, 0.3) is 0 Å². The van der Waals surface area contributed by atoms with Crippen molar-refractivity contribution in [2.24, 2.45) is 0 Å².